The average molecular weight is 683 g/mol. The van der Waals surface area contributed by atoms with Crippen molar-refractivity contribution in [2.24, 2.45) is 0 Å². The number of thiophene rings is 2. The SMILES string of the molecule is Cc1sc(C=C2Sc3ccccc3S2)cc1C1=C(c2csc(C=C3Sc4ccccc4S3)c2)C(F)(F)C(F)(F)C1(F)F. The van der Waals surface area contributed by atoms with Crippen molar-refractivity contribution in [2.75, 3.05) is 0 Å². The molecule has 0 unspecified atom stereocenters. The summed E-state index contributed by atoms with van der Waals surface area (Å²) in [5.74, 6) is -15.7. The van der Waals surface area contributed by atoms with Crippen LogP contribution in [0, 0.1) is 6.92 Å². The van der Waals surface area contributed by atoms with Gasteiger partial charge in [0, 0.05) is 45.4 Å². The molecule has 0 radical (unpaired) electrons. The predicted octanol–water partition coefficient (Wildman–Crippen LogP) is 12.3. The Bertz CT molecular complexity index is 1790. The van der Waals surface area contributed by atoms with Crippen molar-refractivity contribution in [1.82, 2.24) is 0 Å². The number of halogens is 6. The van der Waals surface area contributed by atoms with Crippen LogP contribution in [-0.4, -0.2) is 17.8 Å². The van der Waals surface area contributed by atoms with Gasteiger partial charge in [0.2, 0.25) is 0 Å². The summed E-state index contributed by atoms with van der Waals surface area (Å²) >= 11 is 8.20. The highest BCUT2D eigenvalue weighted by Crippen LogP contribution is 2.65. The predicted molar refractivity (Wildman–Crippen MR) is 167 cm³/mol. The summed E-state index contributed by atoms with van der Waals surface area (Å²) in [5.41, 5.74) is -3.22. The van der Waals surface area contributed by atoms with Crippen LogP contribution in [0.15, 0.2) is 94.1 Å². The van der Waals surface area contributed by atoms with E-state index in [2.05, 4.69) is 0 Å². The minimum absolute atomic E-state index is 0.266. The molecule has 0 amide bonds. The summed E-state index contributed by atoms with van der Waals surface area (Å²) in [7, 11) is 0. The second-order valence-electron chi connectivity index (χ2n) is 9.56. The van der Waals surface area contributed by atoms with Crippen molar-refractivity contribution in [2.45, 2.75) is 44.3 Å². The molecule has 0 saturated heterocycles. The van der Waals surface area contributed by atoms with Crippen molar-refractivity contribution in [3.63, 3.8) is 0 Å². The molecule has 0 spiro atoms. The Hall–Kier alpha value is -1.96. The number of alkyl halides is 6. The largest absolute Gasteiger partial charge is 0.380 e. The first-order valence-electron chi connectivity index (χ1n) is 12.4. The Morgan fingerprint density at radius 3 is 1.62 bits per heavy atom. The zero-order valence-corrected chi connectivity index (χ0v) is 26.1. The molecule has 7 rings (SSSR count). The lowest BCUT2D eigenvalue weighted by Gasteiger charge is -2.25. The number of thioether (sulfide) groups is 4. The monoisotopic (exact) mass is 682 g/mol. The molecule has 0 saturated carbocycles. The molecule has 0 fully saturated rings. The molecule has 0 nitrogen and oxygen atoms in total. The quantitative estimate of drug-likeness (QED) is 0.196. The zero-order chi connectivity index (χ0) is 29.4. The van der Waals surface area contributed by atoms with Crippen molar-refractivity contribution in [1.29, 1.82) is 0 Å². The molecule has 12 heteroatoms. The third-order valence-electron chi connectivity index (χ3n) is 6.84. The number of allylic oxidation sites excluding steroid dienone is 2. The molecular weight excluding hydrogens is 667 g/mol. The van der Waals surface area contributed by atoms with E-state index in [1.54, 1.807) is 12.2 Å². The van der Waals surface area contributed by atoms with Crippen LogP contribution in [0.2, 0.25) is 0 Å². The van der Waals surface area contributed by atoms with Crippen LogP contribution in [-0.2, 0) is 0 Å². The van der Waals surface area contributed by atoms with E-state index in [1.807, 2.05) is 48.5 Å². The first-order valence-corrected chi connectivity index (χ1v) is 17.3. The van der Waals surface area contributed by atoms with Crippen LogP contribution >= 0.6 is 69.7 Å². The fraction of sp³-hybridized carbons (Fsp3) is 0.133. The van der Waals surface area contributed by atoms with Crippen LogP contribution in [0.3, 0.4) is 0 Å². The molecule has 4 heterocycles. The number of rotatable bonds is 4. The average Bonchev–Trinajstić information content (AvgIpc) is 3.73. The molecular formula is C30H16F6S6. The van der Waals surface area contributed by atoms with E-state index >= 15 is 17.6 Å². The van der Waals surface area contributed by atoms with E-state index in [-0.39, 0.29) is 16.0 Å². The zero-order valence-electron chi connectivity index (χ0n) is 21.2. The van der Waals surface area contributed by atoms with Gasteiger partial charge in [0.25, 0.3) is 0 Å². The number of benzene rings is 2. The molecule has 214 valence electrons. The normalized spacial score (nSPS) is 19.8. The fourth-order valence-electron chi connectivity index (χ4n) is 4.90. The Kier molecular flexibility index (Phi) is 7.06. The number of fused-ring (bicyclic) bond motifs is 2. The van der Waals surface area contributed by atoms with Crippen LogP contribution in [0.1, 0.15) is 25.8 Å². The Balaban J connectivity index is 1.29. The van der Waals surface area contributed by atoms with Crippen molar-refractivity contribution < 1.29 is 26.3 Å². The van der Waals surface area contributed by atoms with Gasteiger partial charge >= 0.3 is 17.8 Å². The second kappa shape index (κ2) is 10.3. The Labute approximate surface area is 262 Å². The van der Waals surface area contributed by atoms with Crippen LogP contribution < -0.4 is 0 Å². The second-order valence-corrected chi connectivity index (χ2v) is 16.6. The van der Waals surface area contributed by atoms with Gasteiger partial charge in [-0.3, -0.25) is 0 Å². The van der Waals surface area contributed by atoms with E-state index < -0.39 is 28.9 Å². The molecule has 2 aliphatic heterocycles. The lowest BCUT2D eigenvalue weighted by Crippen LogP contribution is -2.48. The van der Waals surface area contributed by atoms with E-state index in [9.17, 15) is 8.78 Å². The third-order valence-corrected chi connectivity index (χ3v) is 13.6. The standard InChI is InChI=1S/C30H16F6S6/c1-15-19(11-18(38-15)13-25-41-22-8-4-5-9-23(22)42-25)27-26(28(31,32)30(35,36)29(27,33)34)16-10-17(37-14-16)12-24-39-20-6-2-3-7-21(20)40-24/h2-14H,1H3. The summed E-state index contributed by atoms with van der Waals surface area (Å²) in [6.07, 6.45) is 3.55. The molecule has 2 aromatic carbocycles. The maximum atomic E-state index is 15.4. The molecule has 0 atom stereocenters. The maximum absolute atomic E-state index is 15.4. The molecule has 0 bridgehead atoms. The van der Waals surface area contributed by atoms with Gasteiger partial charge in [-0.05, 0) is 72.0 Å². The molecule has 42 heavy (non-hydrogen) atoms. The number of aryl methyl sites for hydroxylation is 1. The van der Waals surface area contributed by atoms with Gasteiger partial charge in [-0.2, -0.15) is 26.3 Å². The first kappa shape index (κ1) is 28.8. The minimum atomic E-state index is -5.59. The van der Waals surface area contributed by atoms with E-state index in [4.69, 9.17) is 0 Å². The first-order chi connectivity index (χ1) is 20.0. The van der Waals surface area contributed by atoms with Crippen LogP contribution in [0.25, 0.3) is 23.3 Å². The number of hydrogen-bond acceptors (Lipinski definition) is 6. The maximum Gasteiger partial charge on any atom is 0.380 e. The Morgan fingerprint density at radius 1 is 0.619 bits per heavy atom. The fourth-order valence-corrected chi connectivity index (χ4v) is 11.8. The molecule has 2 aromatic heterocycles. The van der Waals surface area contributed by atoms with Crippen molar-refractivity contribution >= 4 is 93.0 Å². The highest BCUT2D eigenvalue weighted by molar-refractivity contribution is 8.25. The van der Waals surface area contributed by atoms with Gasteiger partial charge in [0.15, 0.2) is 0 Å². The number of hydrogen-bond donors (Lipinski definition) is 0. The summed E-state index contributed by atoms with van der Waals surface area (Å²) in [6.45, 7) is 1.50. The summed E-state index contributed by atoms with van der Waals surface area (Å²) < 4.78 is 93.2. The minimum Gasteiger partial charge on any atom is -0.194 e. The van der Waals surface area contributed by atoms with Gasteiger partial charge in [0.1, 0.15) is 0 Å². The lowest BCUT2D eigenvalue weighted by atomic mass is 9.96. The van der Waals surface area contributed by atoms with Gasteiger partial charge in [-0.15, -0.1) is 22.7 Å². The topological polar surface area (TPSA) is 0 Å². The smallest absolute Gasteiger partial charge is 0.194 e. The van der Waals surface area contributed by atoms with Gasteiger partial charge in [-0.1, -0.05) is 71.3 Å². The molecule has 0 N–H and O–H groups in total. The van der Waals surface area contributed by atoms with Gasteiger partial charge in [-0.25, -0.2) is 0 Å². The summed E-state index contributed by atoms with van der Waals surface area (Å²) in [4.78, 5) is 5.50. The molecule has 1 aliphatic carbocycles. The van der Waals surface area contributed by atoms with E-state index in [0.29, 0.717) is 9.75 Å². The Morgan fingerprint density at radius 2 is 1.10 bits per heavy atom. The van der Waals surface area contributed by atoms with Crippen LogP contribution in [0.5, 0.6) is 0 Å². The molecule has 3 aliphatic rings. The molecule has 4 aromatic rings. The van der Waals surface area contributed by atoms with Gasteiger partial charge in [0.05, 0.1) is 8.47 Å². The summed E-state index contributed by atoms with van der Waals surface area (Å²) in [5, 5.41) is 1.26. The summed E-state index contributed by atoms with van der Waals surface area (Å²) in [6, 6.07) is 18.1. The van der Waals surface area contributed by atoms with Crippen molar-refractivity contribution in [3.05, 3.63) is 100 Å². The van der Waals surface area contributed by atoms with Crippen molar-refractivity contribution in [3.8, 4) is 0 Å². The van der Waals surface area contributed by atoms with Crippen LogP contribution in [0.4, 0.5) is 26.3 Å². The third kappa shape index (κ3) is 4.56. The highest BCUT2D eigenvalue weighted by atomic mass is 32.2. The van der Waals surface area contributed by atoms with E-state index in [1.165, 1.54) is 71.5 Å². The lowest BCUT2D eigenvalue weighted by molar-refractivity contribution is -0.254. The highest BCUT2D eigenvalue weighted by Gasteiger charge is 2.80. The van der Waals surface area contributed by atoms with Gasteiger partial charge < -0.3 is 0 Å². The van der Waals surface area contributed by atoms with E-state index in [0.717, 1.165) is 50.7 Å².